The number of carbonyl (C=O) groups excluding carboxylic acids is 1. The number of hydrogen-bond donors (Lipinski definition) is 1. The normalized spacial score (nSPS) is 18.1. The molecule has 2 aromatic rings. The third-order valence-corrected chi connectivity index (χ3v) is 7.00. The Morgan fingerprint density at radius 2 is 2.07 bits per heavy atom. The van der Waals surface area contributed by atoms with E-state index >= 15 is 0 Å². The molecule has 152 valence electrons. The van der Waals surface area contributed by atoms with Crippen LogP contribution < -0.4 is 5.32 Å². The van der Waals surface area contributed by atoms with Gasteiger partial charge in [0.1, 0.15) is 4.90 Å². The zero-order chi connectivity index (χ0) is 20.1. The van der Waals surface area contributed by atoms with Crippen molar-refractivity contribution in [2.24, 2.45) is 13.0 Å². The van der Waals surface area contributed by atoms with Crippen LogP contribution in [0.2, 0.25) is 5.02 Å². The molecule has 3 rings (SSSR count). The molecule has 0 radical (unpaired) electrons. The molecule has 28 heavy (non-hydrogen) atoms. The lowest BCUT2D eigenvalue weighted by molar-refractivity contribution is -0.126. The number of sulfonamides is 1. The minimum atomic E-state index is -3.61. The van der Waals surface area contributed by atoms with Crippen molar-refractivity contribution >= 4 is 27.5 Å². The van der Waals surface area contributed by atoms with E-state index in [0.29, 0.717) is 31.0 Å². The van der Waals surface area contributed by atoms with E-state index in [1.165, 1.54) is 26.9 Å². The maximum atomic E-state index is 12.7. The van der Waals surface area contributed by atoms with Crippen molar-refractivity contribution in [3.63, 3.8) is 0 Å². The average molecular weight is 425 g/mol. The molecule has 0 spiro atoms. The van der Waals surface area contributed by atoms with Gasteiger partial charge in [0.2, 0.25) is 15.9 Å². The second kappa shape index (κ2) is 9.07. The summed E-state index contributed by atoms with van der Waals surface area (Å²) in [5.74, 6) is -0.405. The average Bonchev–Trinajstić information content (AvgIpc) is 3.14. The summed E-state index contributed by atoms with van der Waals surface area (Å²) in [6, 6.07) is 7.67. The van der Waals surface area contributed by atoms with Gasteiger partial charge in [0.05, 0.1) is 12.1 Å². The summed E-state index contributed by atoms with van der Waals surface area (Å²) in [4.78, 5) is 12.7. The molecular formula is C19H25ClN4O3S. The lowest BCUT2D eigenvalue weighted by Gasteiger charge is -2.30. The number of hydrogen-bond acceptors (Lipinski definition) is 4. The van der Waals surface area contributed by atoms with Crippen molar-refractivity contribution in [3.8, 4) is 0 Å². The molecule has 0 saturated carbocycles. The van der Waals surface area contributed by atoms with Gasteiger partial charge in [-0.15, -0.1) is 0 Å². The number of benzene rings is 1. The zero-order valence-corrected chi connectivity index (χ0v) is 17.4. The number of rotatable bonds is 7. The van der Waals surface area contributed by atoms with E-state index in [-0.39, 0.29) is 23.3 Å². The first-order valence-electron chi connectivity index (χ1n) is 9.37. The highest BCUT2D eigenvalue weighted by molar-refractivity contribution is 7.89. The Labute approximate surface area is 170 Å². The van der Waals surface area contributed by atoms with Crippen molar-refractivity contribution in [3.05, 3.63) is 47.2 Å². The van der Waals surface area contributed by atoms with Crippen LogP contribution >= 0.6 is 11.6 Å². The van der Waals surface area contributed by atoms with Gasteiger partial charge in [-0.3, -0.25) is 9.48 Å². The zero-order valence-electron chi connectivity index (χ0n) is 15.8. The van der Waals surface area contributed by atoms with Crippen LogP contribution in [0.4, 0.5) is 0 Å². The van der Waals surface area contributed by atoms with Crippen LogP contribution in [0.5, 0.6) is 0 Å². The molecule has 1 aliphatic rings. The van der Waals surface area contributed by atoms with Gasteiger partial charge < -0.3 is 5.32 Å². The Morgan fingerprint density at radius 1 is 1.32 bits per heavy atom. The van der Waals surface area contributed by atoms with E-state index in [2.05, 4.69) is 10.4 Å². The third kappa shape index (κ3) is 5.12. The fourth-order valence-corrected chi connectivity index (χ4v) is 4.99. The van der Waals surface area contributed by atoms with Crippen molar-refractivity contribution in [1.82, 2.24) is 19.4 Å². The summed E-state index contributed by atoms with van der Waals surface area (Å²) in [6.07, 6.45) is 5.86. The van der Waals surface area contributed by atoms with Crippen molar-refractivity contribution in [2.45, 2.75) is 30.6 Å². The van der Waals surface area contributed by atoms with E-state index in [4.69, 9.17) is 11.6 Å². The first-order chi connectivity index (χ1) is 13.4. The molecule has 1 aromatic heterocycles. The van der Waals surface area contributed by atoms with Gasteiger partial charge in [-0.2, -0.15) is 9.40 Å². The fraction of sp³-hybridized carbons (Fsp3) is 0.474. The number of nitrogens with zero attached hydrogens (tertiary/aromatic N) is 3. The van der Waals surface area contributed by atoms with Crippen LogP contribution in [0.3, 0.4) is 0 Å². The van der Waals surface area contributed by atoms with E-state index in [1.54, 1.807) is 7.05 Å². The van der Waals surface area contributed by atoms with Crippen LogP contribution in [-0.4, -0.2) is 48.0 Å². The van der Waals surface area contributed by atoms with E-state index < -0.39 is 10.0 Å². The molecule has 0 bridgehead atoms. The molecule has 7 nitrogen and oxygen atoms in total. The van der Waals surface area contributed by atoms with Crippen LogP contribution in [0.1, 0.15) is 24.8 Å². The monoisotopic (exact) mass is 424 g/mol. The van der Waals surface area contributed by atoms with Crippen LogP contribution in [0, 0.1) is 5.92 Å². The number of aromatic nitrogens is 2. The lowest BCUT2D eigenvalue weighted by atomic mass is 9.99. The maximum absolute atomic E-state index is 12.7. The molecule has 1 saturated heterocycles. The van der Waals surface area contributed by atoms with Crippen molar-refractivity contribution in [1.29, 1.82) is 0 Å². The Bertz CT molecular complexity index is 912. The predicted octanol–water partition coefficient (Wildman–Crippen LogP) is 2.22. The quantitative estimate of drug-likeness (QED) is 0.690. The maximum Gasteiger partial charge on any atom is 0.246 e. The highest BCUT2D eigenvalue weighted by atomic mass is 35.5. The SMILES string of the molecule is Cn1cc(S(=O)(=O)N2CCC[C@H](C(=O)NCCCc3ccc(Cl)cc3)C2)cn1. The van der Waals surface area contributed by atoms with E-state index in [1.807, 2.05) is 24.3 Å². The Hall–Kier alpha value is -1.90. The van der Waals surface area contributed by atoms with Gasteiger partial charge in [0.25, 0.3) is 0 Å². The van der Waals surface area contributed by atoms with Crippen LogP contribution in [0.25, 0.3) is 0 Å². The van der Waals surface area contributed by atoms with Gasteiger partial charge in [0.15, 0.2) is 0 Å². The topological polar surface area (TPSA) is 84.3 Å². The molecular weight excluding hydrogens is 400 g/mol. The number of halogens is 1. The smallest absolute Gasteiger partial charge is 0.246 e. The molecule has 1 aliphatic heterocycles. The molecule has 0 unspecified atom stereocenters. The molecule has 1 fully saturated rings. The molecule has 1 amide bonds. The standard InChI is InChI=1S/C19H25ClN4O3S/c1-23-14-18(12-22-23)28(26,27)24-11-3-5-16(13-24)19(25)21-10-2-4-15-6-8-17(20)9-7-15/h6-9,12,14,16H,2-5,10-11,13H2,1H3,(H,21,25)/t16-/m0/s1. The minimum absolute atomic E-state index is 0.0813. The summed E-state index contributed by atoms with van der Waals surface area (Å²) >= 11 is 5.88. The minimum Gasteiger partial charge on any atom is -0.356 e. The predicted molar refractivity (Wildman–Crippen MR) is 107 cm³/mol. The summed E-state index contributed by atoms with van der Waals surface area (Å²) in [5, 5.41) is 7.59. The molecule has 1 aromatic carbocycles. The molecule has 0 aliphatic carbocycles. The number of carbonyl (C=O) groups is 1. The van der Waals surface area contributed by atoms with Gasteiger partial charge in [-0.05, 0) is 43.4 Å². The van der Waals surface area contributed by atoms with E-state index in [9.17, 15) is 13.2 Å². The van der Waals surface area contributed by atoms with Gasteiger partial charge >= 0.3 is 0 Å². The molecule has 1 atom stereocenters. The fourth-order valence-electron chi connectivity index (χ4n) is 3.36. The van der Waals surface area contributed by atoms with Crippen molar-refractivity contribution in [2.75, 3.05) is 19.6 Å². The lowest BCUT2D eigenvalue weighted by Crippen LogP contribution is -2.45. The first-order valence-corrected chi connectivity index (χ1v) is 11.2. The highest BCUT2D eigenvalue weighted by Gasteiger charge is 2.33. The largest absolute Gasteiger partial charge is 0.356 e. The van der Waals surface area contributed by atoms with Gasteiger partial charge in [-0.25, -0.2) is 8.42 Å². The summed E-state index contributed by atoms with van der Waals surface area (Å²) in [6.45, 7) is 1.20. The number of amides is 1. The van der Waals surface area contributed by atoms with Gasteiger partial charge in [0, 0.05) is 37.9 Å². The van der Waals surface area contributed by atoms with Crippen LogP contribution in [-0.2, 0) is 28.3 Å². The Balaban J connectivity index is 1.49. The number of aryl methyl sites for hydroxylation is 2. The number of piperidine rings is 1. The number of nitrogens with one attached hydrogen (secondary N) is 1. The third-order valence-electron chi connectivity index (χ3n) is 4.93. The summed E-state index contributed by atoms with van der Waals surface area (Å²) in [7, 11) is -1.94. The van der Waals surface area contributed by atoms with Gasteiger partial charge in [-0.1, -0.05) is 23.7 Å². The summed E-state index contributed by atoms with van der Waals surface area (Å²) < 4.78 is 28.3. The second-order valence-corrected chi connectivity index (χ2v) is 9.45. The Morgan fingerprint density at radius 3 is 2.75 bits per heavy atom. The molecule has 2 heterocycles. The first kappa shape index (κ1) is 20.8. The summed E-state index contributed by atoms with van der Waals surface area (Å²) in [5.41, 5.74) is 1.17. The highest BCUT2D eigenvalue weighted by Crippen LogP contribution is 2.23. The second-order valence-electron chi connectivity index (χ2n) is 7.07. The van der Waals surface area contributed by atoms with Crippen molar-refractivity contribution < 1.29 is 13.2 Å². The van der Waals surface area contributed by atoms with E-state index in [0.717, 1.165) is 12.8 Å². The molecule has 1 N–H and O–H groups in total. The molecule has 9 heteroatoms. The van der Waals surface area contributed by atoms with Crippen LogP contribution in [0.15, 0.2) is 41.6 Å². The Kier molecular flexibility index (Phi) is 6.74.